The highest BCUT2D eigenvalue weighted by Gasteiger charge is 2.22. The van der Waals surface area contributed by atoms with Gasteiger partial charge in [-0.05, 0) is 31.5 Å². The molecule has 3 heteroatoms. The molecular formula is C20H22N2O. The van der Waals surface area contributed by atoms with E-state index in [1.165, 1.54) is 0 Å². The predicted octanol–water partition coefficient (Wildman–Crippen LogP) is 4.23. The third kappa shape index (κ3) is 3.00. The molecule has 118 valence electrons. The van der Waals surface area contributed by atoms with Gasteiger partial charge in [0.2, 0.25) is 0 Å². The van der Waals surface area contributed by atoms with Crippen LogP contribution in [0.3, 0.4) is 0 Å². The number of aryl methyl sites for hydroxylation is 1. The van der Waals surface area contributed by atoms with Crippen molar-refractivity contribution in [1.82, 2.24) is 9.47 Å². The number of hydrogen-bond donors (Lipinski definition) is 0. The second-order valence-electron chi connectivity index (χ2n) is 6.16. The normalized spacial score (nSPS) is 11.1. The summed E-state index contributed by atoms with van der Waals surface area (Å²) in [6.45, 7) is 4.74. The van der Waals surface area contributed by atoms with Crippen LogP contribution in [0.5, 0.6) is 0 Å². The summed E-state index contributed by atoms with van der Waals surface area (Å²) in [7, 11) is 1.95. The van der Waals surface area contributed by atoms with Crippen molar-refractivity contribution in [2.45, 2.75) is 26.4 Å². The van der Waals surface area contributed by atoms with Gasteiger partial charge in [-0.15, -0.1) is 0 Å². The van der Waals surface area contributed by atoms with Crippen LogP contribution in [-0.2, 0) is 13.6 Å². The monoisotopic (exact) mass is 306 g/mol. The fraction of sp³-hybridized carbons (Fsp3) is 0.250. The van der Waals surface area contributed by atoms with Gasteiger partial charge in [-0.2, -0.15) is 0 Å². The lowest BCUT2D eigenvalue weighted by atomic mass is 10.1. The number of benzene rings is 2. The second kappa shape index (κ2) is 6.29. The summed E-state index contributed by atoms with van der Waals surface area (Å²) in [6.07, 6.45) is 0. The lowest BCUT2D eigenvalue weighted by molar-refractivity contribution is 0.0681. The first kappa shape index (κ1) is 15.3. The Morgan fingerprint density at radius 2 is 1.70 bits per heavy atom. The van der Waals surface area contributed by atoms with Crippen LogP contribution in [-0.4, -0.2) is 21.4 Å². The topological polar surface area (TPSA) is 25.2 Å². The Morgan fingerprint density at radius 1 is 1.04 bits per heavy atom. The standard InChI is InChI=1S/C20H22N2O/c1-15(2)22(14-16-9-5-4-6-10-16)20(23)19-13-17-11-7-8-12-18(17)21(19)3/h4-13,15H,14H2,1-3H3. The van der Waals surface area contributed by atoms with Gasteiger partial charge >= 0.3 is 0 Å². The van der Waals surface area contributed by atoms with Crippen LogP contribution in [0.2, 0.25) is 0 Å². The first-order valence-corrected chi connectivity index (χ1v) is 7.97. The van der Waals surface area contributed by atoms with Crippen LogP contribution in [0.15, 0.2) is 60.7 Å². The van der Waals surface area contributed by atoms with E-state index < -0.39 is 0 Å². The van der Waals surface area contributed by atoms with Crippen molar-refractivity contribution < 1.29 is 4.79 Å². The van der Waals surface area contributed by atoms with Crippen LogP contribution >= 0.6 is 0 Å². The molecule has 1 heterocycles. The maximum Gasteiger partial charge on any atom is 0.271 e. The summed E-state index contributed by atoms with van der Waals surface area (Å²) in [5, 5.41) is 1.10. The van der Waals surface area contributed by atoms with E-state index in [-0.39, 0.29) is 11.9 Å². The third-order valence-corrected chi connectivity index (χ3v) is 4.25. The third-order valence-electron chi connectivity index (χ3n) is 4.25. The Balaban J connectivity index is 1.95. The number of para-hydroxylation sites is 1. The van der Waals surface area contributed by atoms with Crippen LogP contribution in [0.1, 0.15) is 29.9 Å². The zero-order valence-electron chi connectivity index (χ0n) is 13.9. The minimum Gasteiger partial charge on any atom is -0.340 e. The molecule has 0 aliphatic heterocycles. The van der Waals surface area contributed by atoms with Crippen molar-refractivity contribution >= 4 is 16.8 Å². The van der Waals surface area contributed by atoms with Gasteiger partial charge in [-0.25, -0.2) is 0 Å². The quantitative estimate of drug-likeness (QED) is 0.708. The predicted molar refractivity (Wildman–Crippen MR) is 94.4 cm³/mol. The van der Waals surface area contributed by atoms with Gasteiger partial charge in [-0.1, -0.05) is 48.5 Å². The van der Waals surface area contributed by atoms with Crippen LogP contribution in [0.4, 0.5) is 0 Å². The molecule has 0 spiro atoms. The van der Waals surface area contributed by atoms with E-state index in [0.717, 1.165) is 22.2 Å². The number of hydrogen-bond acceptors (Lipinski definition) is 1. The van der Waals surface area contributed by atoms with E-state index in [9.17, 15) is 4.79 Å². The average Bonchev–Trinajstić information content (AvgIpc) is 2.90. The molecule has 0 aliphatic rings. The molecule has 0 unspecified atom stereocenters. The fourth-order valence-electron chi connectivity index (χ4n) is 2.91. The largest absolute Gasteiger partial charge is 0.340 e. The maximum absolute atomic E-state index is 13.1. The molecular weight excluding hydrogens is 284 g/mol. The van der Waals surface area contributed by atoms with E-state index >= 15 is 0 Å². The van der Waals surface area contributed by atoms with Crippen molar-refractivity contribution in [1.29, 1.82) is 0 Å². The zero-order chi connectivity index (χ0) is 16.4. The average molecular weight is 306 g/mol. The minimum absolute atomic E-state index is 0.0718. The summed E-state index contributed by atoms with van der Waals surface area (Å²) in [5.74, 6) is 0.0718. The van der Waals surface area contributed by atoms with E-state index in [0.29, 0.717) is 6.54 Å². The first-order chi connectivity index (χ1) is 11.1. The number of fused-ring (bicyclic) bond motifs is 1. The molecule has 3 aromatic rings. The summed E-state index contributed by atoms with van der Waals surface area (Å²) < 4.78 is 1.98. The lowest BCUT2D eigenvalue weighted by Gasteiger charge is -2.27. The van der Waals surface area contributed by atoms with Crippen LogP contribution < -0.4 is 0 Å². The smallest absolute Gasteiger partial charge is 0.271 e. The molecule has 0 saturated carbocycles. The van der Waals surface area contributed by atoms with Gasteiger partial charge in [0.1, 0.15) is 5.69 Å². The van der Waals surface area contributed by atoms with Crippen molar-refractivity contribution in [3.63, 3.8) is 0 Å². The van der Waals surface area contributed by atoms with Gasteiger partial charge in [0.15, 0.2) is 0 Å². The van der Waals surface area contributed by atoms with Crippen molar-refractivity contribution in [3.8, 4) is 0 Å². The Morgan fingerprint density at radius 3 is 2.35 bits per heavy atom. The Labute approximate surface area is 137 Å². The highest BCUT2D eigenvalue weighted by Crippen LogP contribution is 2.21. The van der Waals surface area contributed by atoms with Crippen molar-refractivity contribution in [3.05, 3.63) is 71.9 Å². The molecule has 1 amide bonds. The van der Waals surface area contributed by atoms with Gasteiger partial charge in [-0.3, -0.25) is 4.79 Å². The summed E-state index contributed by atoms with van der Waals surface area (Å²) >= 11 is 0. The molecule has 3 rings (SSSR count). The van der Waals surface area contributed by atoms with E-state index in [1.807, 2.05) is 65.0 Å². The molecule has 0 aliphatic carbocycles. The second-order valence-corrected chi connectivity index (χ2v) is 6.16. The number of rotatable bonds is 4. The molecule has 0 fully saturated rings. The van der Waals surface area contributed by atoms with Crippen LogP contribution in [0, 0.1) is 0 Å². The molecule has 23 heavy (non-hydrogen) atoms. The van der Waals surface area contributed by atoms with E-state index in [4.69, 9.17) is 0 Å². The summed E-state index contributed by atoms with van der Waals surface area (Å²) in [6, 6.07) is 20.3. The van der Waals surface area contributed by atoms with Gasteiger partial charge in [0.25, 0.3) is 5.91 Å². The number of nitrogens with zero attached hydrogens (tertiary/aromatic N) is 2. The molecule has 0 N–H and O–H groups in total. The molecule has 0 saturated heterocycles. The zero-order valence-corrected chi connectivity index (χ0v) is 13.9. The highest BCUT2D eigenvalue weighted by atomic mass is 16.2. The molecule has 0 radical (unpaired) electrons. The first-order valence-electron chi connectivity index (χ1n) is 7.97. The number of aromatic nitrogens is 1. The Hall–Kier alpha value is -2.55. The Kier molecular flexibility index (Phi) is 4.20. The SMILES string of the molecule is CC(C)N(Cc1ccccc1)C(=O)c1cc2ccccc2n1C. The highest BCUT2D eigenvalue weighted by molar-refractivity contribution is 5.98. The van der Waals surface area contributed by atoms with Gasteiger partial charge < -0.3 is 9.47 Å². The number of carbonyl (C=O) groups is 1. The van der Waals surface area contributed by atoms with Gasteiger partial charge in [0, 0.05) is 30.5 Å². The number of carbonyl (C=O) groups excluding carboxylic acids is 1. The molecule has 2 aromatic carbocycles. The van der Waals surface area contributed by atoms with Crippen molar-refractivity contribution in [2.24, 2.45) is 7.05 Å². The fourth-order valence-corrected chi connectivity index (χ4v) is 2.91. The molecule has 0 bridgehead atoms. The van der Waals surface area contributed by atoms with E-state index in [2.05, 4.69) is 26.0 Å². The summed E-state index contributed by atoms with van der Waals surface area (Å²) in [5.41, 5.74) is 2.96. The molecule has 0 atom stereocenters. The van der Waals surface area contributed by atoms with Crippen LogP contribution in [0.25, 0.3) is 10.9 Å². The van der Waals surface area contributed by atoms with Gasteiger partial charge in [0.05, 0.1) is 0 Å². The minimum atomic E-state index is 0.0718. The molecule has 3 nitrogen and oxygen atoms in total. The lowest BCUT2D eigenvalue weighted by Crippen LogP contribution is -2.37. The maximum atomic E-state index is 13.1. The number of amides is 1. The molecule has 1 aromatic heterocycles. The van der Waals surface area contributed by atoms with E-state index in [1.54, 1.807) is 0 Å². The Bertz CT molecular complexity index is 818. The van der Waals surface area contributed by atoms with Crippen molar-refractivity contribution in [2.75, 3.05) is 0 Å². The summed E-state index contributed by atoms with van der Waals surface area (Å²) in [4.78, 5) is 15.0.